The predicted molar refractivity (Wildman–Crippen MR) is 88.1 cm³/mol. The molecule has 19 heavy (non-hydrogen) atoms. The zero-order valence-electron chi connectivity index (χ0n) is 11.4. The van der Waals surface area contributed by atoms with Crippen LogP contribution in [0.25, 0.3) is 0 Å². The van der Waals surface area contributed by atoms with Gasteiger partial charge in [-0.25, -0.2) is 0 Å². The van der Waals surface area contributed by atoms with Crippen molar-refractivity contribution in [2.45, 2.75) is 32.2 Å². The Morgan fingerprint density at radius 1 is 1.26 bits per heavy atom. The van der Waals surface area contributed by atoms with Gasteiger partial charge in [0.25, 0.3) is 0 Å². The third-order valence-corrected chi connectivity index (χ3v) is 5.24. The molecule has 1 aliphatic heterocycles. The van der Waals surface area contributed by atoms with Crippen molar-refractivity contribution in [3.63, 3.8) is 0 Å². The van der Waals surface area contributed by atoms with E-state index in [1.54, 1.807) is 9.75 Å². The minimum Gasteiger partial charge on any atom is -0.314 e. The molecule has 1 aromatic heterocycles. The Kier molecular flexibility index (Phi) is 7.12. The molecule has 0 spiro atoms. The van der Waals surface area contributed by atoms with Crippen LogP contribution in [0.2, 0.25) is 0 Å². The van der Waals surface area contributed by atoms with E-state index in [0.29, 0.717) is 0 Å². The summed E-state index contributed by atoms with van der Waals surface area (Å²) in [5.74, 6) is 0.941. The molecule has 2 nitrogen and oxygen atoms in total. The molecule has 1 atom stereocenters. The summed E-state index contributed by atoms with van der Waals surface area (Å²) < 4.78 is 0. The summed E-state index contributed by atoms with van der Waals surface area (Å²) >= 11 is 2.04. The van der Waals surface area contributed by atoms with Gasteiger partial charge < -0.3 is 5.32 Å². The Balaban J connectivity index is 0.000000902. The van der Waals surface area contributed by atoms with E-state index in [2.05, 4.69) is 29.3 Å². The first-order valence-electron chi connectivity index (χ1n) is 6.92. The molecule has 1 saturated heterocycles. The van der Waals surface area contributed by atoms with Crippen LogP contribution in [0.15, 0.2) is 12.1 Å². The van der Waals surface area contributed by atoms with Gasteiger partial charge in [-0.1, -0.05) is 6.92 Å². The molecule has 1 aliphatic carbocycles. The molecule has 110 valence electrons. The molecule has 1 aromatic rings. The molecular formula is C14H24Cl2N2S. The summed E-state index contributed by atoms with van der Waals surface area (Å²) in [6, 6.07) is 5.44. The fourth-order valence-electron chi connectivity index (χ4n) is 2.83. The van der Waals surface area contributed by atoms with Gasteiger partial charge in [0.2, 0.25) is 0 Å². The number of hydrogen-bond donors (Lipinski definition) is 1. The fraction of sp³-hybridized carbons (Fsp3) is 0.714. The quantitative estimate of drug-likeness (QED) is 0.912. The van der Waals surface area contributed by atoms with Crippen molar-refractivity contribution >= 4 is 36.2 Å². The maximum Gasteiger partial charge on any atom is 0.0470 e. The Bertz CT molecular complexity index is 373. The van der Waals surface area contributed by atoms with Gasteiger partial charge in [0.15, 0.2) is 0 Å². The van der Waals surface area contributed by atoms with Crippen LogP contribution in [0.5, 0.6) is 0 Å². The van der Waals surface area contributed by atoms with Crippen LogP contribution in [0.4, 0.5) is 0 Å². The minimum atomic E-state index is 0. The lowest BCUT2D eigenvalue weighted by molar-refractivity contribution is 0.158. The largest absolute Gasteiger partial charge is 0.314 e. The first-order valence-corrected chi connectivity index (χ1v) is 7.73. The molecule has 2 fully saturated rings. The standard InChI is InChI=1S/C14H22N2S.2ClH/c1-2-12-5-6-13(17-12)14(11-3-4-11)16-9-7-15-8-10-16;;/h5-6,11,14-15H,2-4,7-10H2,1H3;2*1H/t14-;;/m0../s1. The van der Waals surface area contributed by atoms with Gasteiger partial charge in [0.1, 0.15) is 0 Å². The summed E-state index contributed by atoms with van der Waals surface area (Å²) in [5.41, 5.74) is 0. The van der Waals surface area contributed by atoms with Crippen molar-refractivity contribution in [2.75, 3.05) is 26.2 Å². The molecule has 0 aromatic carbocycles. The van der Waals surface area contributed by atoms with Gasteiger partial charge >= 0.3 is 0 Å². The third-order valence-electron chi connectivity index (χ3n) is 3.94. The van der Waals surface area contributed by atoms with E-state index in [4.69, 9.17) is 0 Å². The maximum absolute atomic E-state index is 3.46. The molecule has 1 saturated carbocycles. The normalized spacial score (nSPS) is 21.3. The maximum atomic E-state index is 3.46. The summed E-state index contributed by atoms with van der Waals surface area (Å²) in [6.07, 6.45) is 4.06. The number of rotatable bonds is 4. The van der Waals surface area contributed by atoms with Gasteiger partial charge in [0, 0.05) is 42.0 Å². The van der Waals surface area contributed by atoms with E-state index >= 15 is 0 Å². The van der Waals surface area contributed by atoms with Gasteiger partial charge in [-0.2, -0.15) is 0 Å². The third kappa shape index (κ3) is 4.08. The highest BCUT2D eigenvalue weighted by Crippen LogP contribution is 2.46. The van der Waals surface area contributed by atoms with Crippen LogP contribution < -0.4 is 5.32 Å². The van der Waals surface area contributed by atoms with E-state index in [-0.39, 0.29) is 24.8 Å². The Hall–Kier alpha value is 0.200. The predicted octanol–water partition coefficient (Wildman–Crippen LogP) is 3.51. The molecule has 5 heteroatoms. The van der Waals surface area contributed by atoms with Crippen molar-refractivity contribution in [3.05, 3.63) is 21.9 Å². The van der Waals surface area contributed by atoms with Crippen molar-refractivity contribution in [1.82, 2.24) is 10.2 Å². The lowest BCUT2D eigenvalue weighted by Crippen LogP contribution is -2.45. The molecule has 2 aliphatic rings. The molecule has 0 amide bonds. The van der Waals surface area contributed by atoms with Gasteiger partial charge in [-0.15, -0.1) is 36.2 Å². The van der Waals surface area contributed by atoms with Crippen LogP contribution in [-0.4, -0.2) is 31.1 Å². The van der Waals surface area contributed by atoms with Crippen LogP contribution in [0.3, 0.4) is 0 Å². The highest BCUT2D eigenvalue weighted by molar-refractivity contribution is 7.12. The van der Waals surface area contributed by atoms with Crippen LogP contribution in [0.1, 0.15) is 35.6 Å². The molecular weight excluding hydrogens is 299 g/mol. The number of hydrogen-bond acceptors (Lipinski definition) is 3. The summed E-state index contributed by atoms with van der Waals surface area (Å²) in [6.45, 7) is 7.03. The molecule has 0 radical (unpaired) electrons. The highest BCUT2D eigenvalue weighted by atomic mass is 35.5. The Morgan fingerprint density at radius 3 is 2.47 bits per heavy atom. The molecule has 0 unspecified atom stereocenters. The second-order valence-electron chi connectivity index (χ2n) is 5.23. The average Bonchev–Trinajstić information content (AvgIpc) is 3.09. The zero-order chi connectivity index (χ0) is 11.7. The zero-order valence-corrected chi connectivity index (χ0v) is 13.9. The second kappa shape index (κ2) is 7.84. The van der Waals surface area contributed by atoms with Crippen LogP contribution >= 0.6 is 36.2 Å². The molecule has 1 N–H and O–H groups in total. The summed E-state index contributed by atoms with van der Waals surface area (Å²) in [7, 11) is 0. The number of piperazine rings is 1. The van der Waals surface area contributed by atoms with Crippen molar-refractivity contribution in [1.29, 1.82) is 0 Å². The van der Waals surface area contributed by atoms with E-state index in [1.807, 2.05) is 11.3 Å². The van der Waals surface area contributed by atoms with E-state index in [0.717, 1.165) is 25.0 Å². The lowest BCUT2D eigenvalue weighted by Gasteiger charge is -2.34. The Morgan fingerprint density at radius 2 is 1.95 bits per heavy atom. The first-order chi connectivity index (χ1) is 8.38. The number of nitrogens with one attached hydrogen (secondary N) is 1. The summed E-state index contributed by atoms with van der Waals surface area (Å²) in [5, 5.41) is 3.46. The van der Waals surface area contributed by atoms with Crippen molar-refractivity contribution < 1.29 is 0 Å². The second-order valence-corrected chi connectivity index (χ2v) is 6.43. The number of nitrogens with zero attached hydrogens (tertiary/aromatic N) is 1. The van der Waals surface area contributed by atoms with Crippen molar-refractivity contribution in [2.24, 2.45) is 5.92 Å². The van der Waals surface area contributed by atoms with Gasteiger partial charge in [-0.05, 0) is 37.3 Å². The Labute approximate surface area is 132 Å². The van der Waals surface area contributed by atoms with E-state index < -0.39 is 0 Å². The summed E-state index contributed by atoms with van der Waals surface area (Å²) in [4.78, 5) is 5.87. The molecule has 2 heterocycles. The number of halogens is 2. The van der Waals surface area contributed by atoms with Gasteiger partial charge in [0.05, 0.1) is 0 Å². The molecule has 3 rings (SSSR count). The smallest absolute Gasteiger partial charge is 0.0470 e. The highest BCUT2D eigenvalue weighted by Gasteiger charge is 2.37. The molecule has 0 bridgehead atoms. The van der Waals surface area contributed by atoms with Crippen LogP contribution in [0, 0.1) is 5.92 Å². The fourth-order valence-corrected chi connectivity index (χ4v) is 4.01. The van der Waals surface area contributed by atoms with E-state index in [1.165, 1.54) is 32.4 Å². The number of aryl methyl sites for hydroxylation is 1. The average molecular weight is 323 g/mol. The van der Waals surface area contributed by atoms with Crippen molar-refractivity contribution in [3.8, 4) is 0 Å². The van der Waals surface area contributed by atoms with Crippen LogP contribution in [-0.2, 0) is 6.42 Å². The van der Waals surface area contributed by atoms with E-state index in [9.17, 15) is 0 Å². The lowest BCUT2D eigenvalue weighted by atomic mass is 10.1. The minimum absolute atomic E-state index is 0. The first kappa shape index (κ1) is 17.3. The SMILES string of the molecule is CCc1ccc([C@H](C2CC2)N2CCNCC2)s1.Cl.Cl. The number of thiophene rings is 1. The topological polar surface area (TPSA) is 15.3 Å². The monoisotopic (exact) mass is 322 g/mol. The van der Waals surface area contributed by atoms with Gasteiger partial charge in [-0.3, -0.25) is 4.90 Å².